The fourth-order valence-corrected chi connectivity index (χ4v) is 4.22. The van der Waals surface area contributed by atoms with Crippen LogP contribution in [0.4, 0.5) is 0 Å². The topological polar surface area (TPSA) is 35.5 Å². The highest BCUT2D eigenvalue weighted by atomic mass is 79.9. The average molecular weight is 429 g/mol. The first-order valence-electron chi connectivity index (χ1n) is 9.17. The first-order valence-corrected chi connectivity index (χ1v) is 9.96. The second-order valence-corrected chi connectivity index (χ2v) is 8.18. The number of rotatable bonds is 6. The summed E-state index contributed by atoms with van der Waals surface area (Å²) in [7, 11) is 0. The van der Waals surface area contributed by atoms with E-state index in [0.717, 1.165) is 45.3 Å². The Hall–Kier alpha value is -2.07. The molecule has 4 heteroatoms. The Kier molecular flexibility index (Phi) is 6.05. The number of hydrogen-bond acceptors (Lipinski definition) is 3. The van der Waals surface area contributed by atoms with Gasteiger partial charge in [0.25, 0.3) is 6.47 Å². The van der Waals surface area contributed by atoms with Gasteiger partial charge in [-0.15, -0.1) is 0 Å². The molecule has 0 bridgehead atoms. The predicted octanol–water partition coefficient (Wildman–Crippen LogP) is 6.00. The molecule has 0 heterocycles. The quantitative estimate of drug-likeness (QED) is 0.418. The van der Waals surface area contributed by atoms with Crippen molar-refractivity contribution in [2.24, 2.45) is 5.92 Å². The first-order chi connectivity index (χ1) is 12.9. The van der Waals surface area contributed by atoms with Crippen LogP contribution in [-0.2, 0) is 22.6 Å². The molecule has 142 valence electrons. The zero-order valence-electron chi connectivity index (χ0n) is 16.0. The Morgan fingerprint density at radius 2 is 2.00 bits per heavy atom. The molecule has 0 N–H and O–H groups in total. The van der Waals surface area contributed by atoms with Crippen LogP contribution in [-0.4, -0.2) is 6.47 Å². The molecule has 0 fully saturated rings. The highest BCUT2D eigenvalue weighted by Crippen LogP contribution is 2.45. The van der Waals surface area contributed by atoms with Crippen LogP contribution in [0.25, 0.3) is 0 Å². The number of carbonyl (C=O) groups excluding carboxylic acids is 1. The van der Waals surface area contributed by atoms with E-state index in [2.05, 4.69) is 42.4 Å². The second-order valence-electron chi connectivity index (χ2n) is 7.27. The van der Waals surface area contributed by atoms with E-state index in [0.29, 0.717) is 13.1 Å². The van der Waals surface area contributed by atoms with Crippen LogP contribution in [0, 0.1) is 19.8 Å². The monoisotopic (exact) mass is 428 g/mol. The Morgan fingerprint density at radius 3 is 2.63 bits per heavy atom. The molecular formula is C23H25BrO3. The van der Waals surface area contributed by atoms with Crippen LogP contribution in [0.15, 0.2) is 47.0 Å². The summed E-state index contributed by atoms with van der Waals surface area (Å²) in [6.07, 6.45) is 1.62. The minimum Gasteiger partial charge on any atom is -0.489 e. The third kappa shape index (κ3) is 4.11. The van der Waals surface area contributed by atoms with Crippen molar-refractivity contribution >= 4 is 22.4 Å². The summed E-state index contributed by atoms with van der Waals surface area (Å²) in [4.78, 5) is 11.2. The van der Waals surface area contributed by atoms with E-state index in [-0.39, 0.29) is 12.0 Å². The fraction of sp³-hybridized carbons (Fsp3) is 0.348. The van der Waals surface area contributed by atoms with Gasteiger partial charge >= 0.3 is 0 Å². The lowest BCUT2D eigenvalue weighted by molar-refractivity contribution is -0.136. The van der Waals surface area contributed by atoms with Crippen molar-refractivity contribution in [1.29, 1.82) is 0 Å². The normalized spacial score (nSPS) is 18.5. The minimum atomic E-state index is -0.293. The number of halogens is 1. The maximum atomic E-state index is 11.2. The molecule has 0 amide bonds. The fourth-order valence-electron chi connectivity index (χ4n) is 3.95. The van der Waals surface area contributed by atoms with Crippen molar-refractivity contribution in [3.05, 3.63) is 74.8 Å². The molecule has 3 nitrogen and oxygen atoms in total. The van der Waals surface area contributed by atoms with Gasteiger partial charge in [-0.2, -0.15) is 0 Å². The third-order valence-corrected chi connectivity index (χ3v) is 5.95. The van der Waals surface area contributed by atoms with Crippen molar-refractivity contribution in [2.75, 3.05) is 0 Å². The molecule has 0 aromatic heterocycles. The van der Waals surface area contributed by atoms with Gasteiger partial charge in [0, 0.05) is 16.0 Å². The Morgan fingerprint density at radius 1 is 1.30 bits per heavy atom. The van der Waals surface area contributed by atoms with Gasteiger partial charge in [-0.1, -0.05) is 40.2 Å². The molecule has 0 aliphatic heterocycles. The third-order valence-electron chi connectivity index (χ3n) is 5.42. The van der Waals surface area contributed by atoms with Crippen LogP contribution in [0.3, 0.4) is 0 Å². The summed E-state index contributed by atoms with van der Waals surface area (Å²) in [6, 6.07) is 10.2. The maximum Gasteiger partial charge on any atom is 0.293 e. The second kappa shape index (κ2) is 8.30. The van der Waals surface area contributed by atoms with Gasteiger partial charge in [-0.25, -0.2) is 0 Å². The van der Waals surface area contributed by atoms with Gasteiger partial charge in [0.15, 0.2) is 0 Å². The van der Waals surface area contributed by atoms with Crippen molar-refractivity contribution in [1.82, 2.24) is 0 Å². The smallest absolute Gasteiger partial charge is 0.293 e. The molecule has 2 aromatic carbocycles. The molecule has 0 saturated heterocycles. The SMILES string of the molecule is C=C(C)C1CCc2c(C)cc(OCc3ccc(Br)cc3)c(C)c2[C@@H]1OC=O. The Balaban J connectivity index is 1.95. The lowest BCUT2D eigenvalue weighted by atomic mass is 9.75. The van der Waals surface area contributed by atoms with E-state index in [1.165, 1.54) is 11.1 Å². The first kappa shape index (κ1) is 19.7. The summed E-state index contributed by atoms with van der Waals surface area (Å²) >= 11 is 3.45. The molecule has 2 atom stereocenters. The molecular weight excluding hydrogens is 404 g/mol. The van der Waals surface area contributed by atoms with Gasteiger partial charge in [-0.05, 0) is 74.1 Å². The number of aryl methyl sites for hydroxylation is 1. The zero-order valence-corrected chi connectivity index (χ0v) is 17.6. The number of ether oxygens (including phenoxy) is 2. The van der Waals surface area contributed by atoms with E-state index in [9.17, 15) is 4.79 Å². The highest BCUT2D eigenvalue weighted by molar-refractivity contribution is 9.10. The largest absolute Gasteiger partial charge is 0.489 e. The van der Waals surface area contributed by atoms with E-state index < -0.39 is 0 Å². The zero-order chi connectivity index (χ0) is 19.6. The lowest BCUT2D eigenvalue weighted by Crippen LogP contribution is -2.25. The standard InChI is InChI=1S/C23H25BrO3/c1-14(2)19-9-10-20-15(3)11-21(16(4)22(20)23(19)27-13-25)26-12-17-5-7-18(24)8-6-17/h5-8,11,13,19,23H,1,9-10,12H2,2-4H3/t19?,23-/m1/s1. The van der Waals surface area contributed by atoms with Crippen molar-refractivity contribution in [3.8, 4) is 5.75 Å². The molecule has 3 rings (SSSR count). The van der Waals surface area contributed by atoms with E-state index in [1.54, 1.807) is 0 Å². The molecule has 0 spiro atoms. The average Bonchev–Trinajstić information content (AvgIpc) is 2.64. The summed E-state index contributed by atoms with van der Waals surface area (Å²) in [5.74, 6) is 0.985. The molecule has 0 radical (unpaired) electrons. The Labute approximate surface area is 169 Å². The molecule has 2 aromatic rings. The van der Waals surface area contributed by atoms with E-state index in [1.807, 2.05) is 31.2 Å². The summed E-state index contributed by atoms with van der Waals surface area (Å²) in [6.45, 7) is 11.3. The van der Waals surface area contributed by atoms with Gasteiger partial charge in [0.2, 0.25) is 0 Å². The summed E-state index contributed by atoms with van der Waals surface area (Å²) in [5.41, 5.74) is 6.74. The molecule has 0 saturated carbocycles. The van der Waals surface area contributed by atoms with Gasteiger partial charge < -0.3 is 9.47 Å². The number of carbonyl (C=O) groups is 1. The van der Waals surface area contributed by atoms with E-state index in [4.69, 9.17) is 9.47 Å². The summed E-state index contributed by atoms with van der Waals surface area (Å²) in [5, 5.41) is 0. The van der Waals surface area contributed by atoms with Gasteiger partial charge in [0.1, 0.15) is 18.5 Å². The molecule has 1 aliphatic carbocycles. The van der Waals surface area contributed by atoms with Crippen LogP contribution in [0.1, 0.15) is 47.3 Å². The number of hydrogen-bond donors (Lipinski definition) is 0. The predicted molar refractivity (Wildman–Crippen MR) is 111 cm³/mol. The summed E-state index contributed by atoms with van der Waals surface area (Å²) < 4.78 is 12.7. The van der Waals surface area contributed by atoms with Gasteiger partial charge in [-0.3, -0.25) is 4.79 Å². The number of fused-ring (bicyclic) bond motifs is 1. The van der Waals surface area contributed by atoms with Crippen molar-refractivity contribution < 1.29 is 14.3 Å². The van der Waals surface area contributed by atoms with Crippen LogP contribution >= 0.6 is 15.9 Å². The lowest BCUT2D eigenvalue weighted by Gasteiger charge is -2.35. The van der Waals surface area contributed by atoms with Crippen LogP contribution < -0.4 is 4.74 Å². The van der Waals surface area contributed by atoms with Gasteiger partial charge in [0.05, 0.1) is 0 Å². The minimum absolute atomic E-state index is 0.141. The van der Waals surface area contributed by atoms with Crippen molar-refractivity contribution in [3.63, 3.8) is 0 Å². The molecule has 1 aliphatic rings. The maximum absolute atomic E-state index is 11.2. The van der Waals surface area contributed by atoms with E-state index >= 15 is 0 Å². The highest BCUT2D eigenvalue weighted by Gasteiger charge is 2.34. The molecule has 1 unspecified atom stereocenters. The number of benzene rings is 2. The van der Waals surface area contributed by atoms with Crippen molar-refractivity contribution in [2.45, 2.75) is 46.3 Å². The van der Waals surface area contributed by atoms with Crippen LogP contribution in [0.2, 0.25) is 0 Å². The van der Waals surface area contributed by atoms with Crippen LogP contribution in [0.5, 0.6) is 5.75 Å². The Bertz CT molecular complexity index is 855. The molecule has 27 heavy (non-hydrogen) atoms.